The predicted molar refractivity (Wildman–Crippen MR) is 70.7 cm³/mol. The molecular formula is C11H15BrN2O3S. The lowest BCUT2D eigenvalue weighted by Gasteiger charge is -2.19. The van der Waals surface area contributed by atoms with Gasteiger partial charge in [-0.2, -0.15) is 0 Å². The van der Waals surface area contributed by atoms with E-state index in [1.54, 1.807) is 6.07 Å². The van der Waals surface area contributed by atoms with Gasteiger partial charge in [-0.05, 0) is 47.8 Å². The Morgan fingerprint density at radius 1 is 1.56 bits per heavy atom. The molecule has 0 amide bonds. The molecule has 5 nitrogen and oxygen atoms in total. The van der Waals surface area contributed by atoms with Gasteiger partial charge in [-0.3, -0.25) is 0 Å². The van der Waals surface area contributed by atoms with E-state index in [0.717, 1.165) is 17.3 Å². The van der Waals surface area contributed by atoms with Crippen LogP contribution in [0.3, 0.4) is 0 Å². The van der Waals surface area contributed by atoms with Crippen molar-refractivity contribution in [1.82, 2.24) is 9.71 Å². The van der Waals surface area contributed by atoms with E-state index in [0.29, 0.717) is 6.61 Å². The molecule has 1 saturated heterocycles. The number of hydrogen-bond acceptors (Lipinski definition) is 4. The summed E-state index contributed by atoms with van der Waals surface area (Å²) >= 11 is 3.22. The number of aromatic nitrogens is 1. The molecule has 1 fully saturated rings. The highest BCUT2D eigenvalue weighted by Gasteiger charge is 2.27. The van der Waals surface area contributed by atoms with Crippen LogP contribution in [0.4, 0.5) is 0 Å². The van der Waals surface area contributed by atoms with Crippen LogP contribution in [0.15, 0.2) is 27.8 Å². The van der Waals surface area contributed by atoms with Crippen LogP contribution in [0.25, 0.3) is 0 Å². The molecule has 7 heteroatoms. The number of pyridine rings is 1. The second kappa shape index (κ2) is 5.64. The summed E-state index contributed by atoms with van der Waals surface area (Å²) in [6.45, 7) is 2.51. The topological polar surface area (TPSA) is 68.3 Å². The van der Waals surface area contributed by atoms with Crippen molar-refractivity contribution in [2.45, 2.75) is 36.9 Å². The number of hydrogen-bond donors (Lipinski definition) is 1. The van der Waals surface area contributed by atoms with E-state index in [-0.39, 0.29) is 17.2 Å². The lowest BCUT2D eigenvalue weighted by atomic mass is 10.1. The lowest BCUT2D eigenvalue weighted by molar-refractivity contribution is 0.0902. The standard InChI is InChI=1S/C11H15BrN2O3S/c1-8(10-3-2-6-17-10)14-18(15,16)11-5-4-9(12)7-13-11/h4-5,7-8,10,14H,2-3,6H2,1H3/t8-,10+/m0/s1. The van der Waals surface area contributed by atoms with Crippen molar-refractivity contribution in [3.63, 3.8) is 0 Å². The molecule has 1 aromatic rings. The first-order chi connectivity index (χ1) is 8.49. The quantitative estimate of drug-likeness (QED) is 0.909. The summed E-state index contributed by atoms with van der Waals surface area (Å²) in [6, 6.07) is 2.87. The number of nitrogens with zero attached hydrogens (tertiary/aromatic N) is 1. The molecule has 2 heterocycles. The molecule has 0 aromatic carbocycles. The Balaban J connectivity index is 2.09. The fourth-order valence-corrected chi connectivity index (χ4v) is 3.33. The smallest absolute Gasteiger partial charge is 0.258 e. The second-order valence-electron chi connectivity index (χ2n) is 4.28. The maximum absolute atomic E-state index is 12.1. The van der Waals surface area contributed by atoms with E-state index in [4.69, 9.17) is 4.74 Å². The van der Waals surface area contributed by atoms with Crippen molar-refractivity contribution in [2.75, 3.05) is 6.61 Å². The Bertz CT molecular complexity index is 498. The monoisotopic (exact) mass is 334 g/mol. The lowest BCUT2D eigenvalue weighted by Crippen LogP contribution is -2.41. The van der Waals surface area contributed by atoms with Crippen molar-refractivity contribution in [1.29, 1.82) is 0 Å². The Morgan fingerprint density at radius 3 is 2.89 bits per heavy atom. The van der Waals surface area contributed by atoms with Gasteiger partial charge in [-0.25, -0.2) is 18.1 Å². The van der Waals surface area contributed by atoms with Crippen LogP contribution < -0.4 is 4.72 Å². The highest BCUT2D eigenvalue weighted by molar-refractivity contribution is 9.10. The van der Waals surface area contributed by atoms with Crippen molar-refractivity contribution in [3.8, 4) is 0 Å². The van der Waals surface area contributed by atoms with Gasteiger partial charge < -0.3 is 4.74 Å². The van der Waals surface area contributed by atoms with E-state index >= 15 is 0 Å². The number of nitrogens with one attached hydrogen (secondary N) is 1. The van der Waals surface area contributed by atoms with Crippen LogP contribution >= 0.6 is 15.9 Å². The van der Waals surface area contributed by atoms with E-state index < -0.39 is 10.0 Å². The van der Waals surface area contributed by atoms with Gasteiger partial charge in [-0.1, -0.05) is 0 Å². The zero-order chi connectivity index (χ0) is 13.2. The molecule has 1 aromatic heterocycles. The van der Waals surface area contributed by atoms with Gasteiger partial charge in [0.05, 0.1) is 6.10 Å². The average molecular weight is 335 g/mol. The molecule has 1 aliphatic heterocycles. The third kappa shape index (κ3) is 3.28. The normalized spacial score (nSPS) is 22.0. The van der Waals surface area contributed by atoms with E-state index in [2.05, 4.69) is 25.6 Å². The zero-order valence-electron chi connectivity index (χ0n) is 9.97. The Morgan fingerprint density at radius 2 is 2.33 bits per heavy atom. The maximum atomic E-state index is 12.1. The third-order valence-corrected chi connectivity index (χ3v) is 4.78. The molecule has 2 atom stereocenters. The fourth-order valence-electron chi connectivity index (χ4n) is 1.90. The van der Waals surface area contributed by atoms with Crippen LogP contribution in [0.2, 0.25) is 0 Å². The van der Waals surface area contributed by atoms with E-state index in [9.17, 15) is 8.42 Å². The van der Waals surface area contributed by atoms with Crippen LogP contribution in [0, 0.1) is 0 Å². The number of halogens is 1. The summed E-state index contributed by atoms with van der Waals surface area (Å²) in [4.78, 5) is 3.89. The highest BCUT2D eigenvalue weighted by atomic mass is 79.9. The minimum atomic E-state index is -3.58. The van der Waals surface area contributed by atoms with Gasteiger partial charge >= 0.3 is 0 Å². The molecule has 18 heavy (non-hydrogen) atoms. The van der Waals surface area contributed by atoms with Gasteiger partial charge in [0.1, 0.15) is 0 Å². The molecule has 2 rings (SSSR count). The van der Waals surface area contributed by atoms with Gasteiger partial charge in [0.15, 0.2) is 5.03 Å². The van der Waals surface area contributed by atoms with Crippen LogP contribution in [-0.4, -0.2) is 32.2 Å². The van der Waals surface area contributed by atoms with Gasteiger partial charge in [0.25, 0.3) is 10.0 Å². The van der Waals surface area contributed by atoms with Gasteiger partial charge in [0, 0.05) is 23.3 Å². The molecule has 0 radical (unpaired) electrons. The van der Waals surface area contributed by atoms with Crippen molar-refractivity contribution in [3.05, 3.63) is 22.8 Å². The molecule has 1 N–H and O–H groups in total. The van der Waals surface area contributed by atoms with Crippen molar-refractivity contribution >= 4 is 26.0 Å². The summed E-state index contributed by atoms with van der Waals surface area (Å²) < 4.78 is 32.9. The minimum Gasteiger partial charge on any atom is -0.377 e. The molecule has 0 spiro atoms. The summed E-state index contributed by atoms with van der Waals surface area (Å²) in [5, 5.41) is 0.0237. The maximum Gasteiger partial charge on any atom is 0.258 e. The molecule has 0 saturated carbocycles. The predicted octanol–water partition coefficient (Wildman–Crippen LogP) is 1.69. The Hall–Kier alpha value is -0.500. The first-order valence-electron chi connectivity index (χ1n) is 5.74. The second-order valence-corrected chi connectivity index (χ2v) is 6.85. The van der Waals surface area contributed by atoms with Gasteiger partial charge in [0.2, 0.25) is 0 Å². The SMILES string of the molecule is C[C@H](NS(=O)(=O)c1ccc(Br)cn1)[C@H]1CCCO1. The summed E-state index contributed by atoms with van der Waals surface area (Å²) in [5.41, 5.74) is 0. The van der Waals surface area contributed by atoms with Crippen molar-refractivity contribution in [2.24, 2.45) is 0 Å². The molecule has 0 unspecified atom stereocenters. The Labute approximate surface area is 115 Å². The molecule has 0 aliphatic carbocycles. The summed E-state index contributed by atoms with van der Waals surface area (Å²) in [7, 11) is -3.58. The van der Waals surface area contributed by atoms with Crippen LogP contribution in [-0.2, 0) is 14.8 Å². The molecule has 1 aliphatic rings. The van der Waals surface area contributed by atoms with Crippen molar-refractivity contribution < 1.29 is 13.2 Å². The first kappa shape index (κ1) is 13.9. The highest BCUT2D eigenvalue weighted by Crippen LogP contribution is 2.17. The zero-order valence-corrected chi connectivity index (χ0v) is 12.4. The Kier molecular flexibility index (Phi) is 4.37. The number of sulfonamides is 1. The minimum absolute atomic E-state index is 0.0237. The molecule has 0 bridgehead atoms. The fraction of sp³-hybridized carbons (Fsp3) is 0.545. The third-order valence-electron chi connectivity index (χ3n) is 2.84. The van der Waals surface area contributed by atoms with Gasteiger partial charge in [-0.15, -0.1) is 0 Å². The summed E-state index contributed by atoms with van der Waals surface area (Å²) in [5.74, 6) is 0. The molecular weight excluding hydrogens is 320 g/mol. The van der Waals surface area contributed by atoms with E-state index in [1.165, 1.54) is 12.3 Å². The van der Waals surface area contributed by atoms with Crippen LogP contribution in [0.5, 0.6) is 0 Å². The largest absolute Gasteiger partial charge is 0.377 e. The number of rotatable bonds is 4. The van der Waals surface area contributed by atoms with E-state index in [1.807, 2.05) is 6.92 Å². The summed E-state index contributed by atoms with van der Waals surface area (Å²) in [6.07, 6.45) is 3.28. The average Bonchev–Trinajstić information content (AvgIpc) is 2.82. The number of ether oxygens (including phenoxy) is 1. The first-order valence-corrected chi connectivity index (χ1v) is 8.02. The van der Waals surface area contributed by atoms with Crippen LogP contribution in [0.1, 0.15) is 19.8 Å². The molecule has 100 valence electrons.